The molecule has 3 heteroatoms. The van der Waals surface area contributed by atoms with E-state index in [0.717, 1.165) is 29.6 Å². The third-order valence-electron chi connectivity index (χ3n) is 2.07. The molecule has 0 bridgehead atoms. The van der Waals surface area contributed by atoms with Crippen molar-refractivity contribution in [2.45, 2.75) is 26.8 Å². The minimum atomic E-state index is 0.740. The average Bonchev–Trinajstić information content (AvgIpc) is 2.15. The first-order valence-electron chi connectivity index (χ1n) is 4.99. The van der Waals surface area contributed by atoms with Crippen LogP contribution in [0.2, 0.25) is 5.02 Å². The van der Waals surface area contributed by atoms with Crippen LogP contribution in [0.25, 0.3) is 0 Å². The van der Waals surface area contributed by atoms with E-state index in [-0.39, 0.29) is 0 Å². The molecule has 0 saturated heterocycles. The van der Waals surface area contributed by atoms with Crippen LogP contribution in [0.15, 0.2) is 18.5 Å². The van der Waals surface area contributed by atoms with E-state index in [2.05, 4.69) is 24.1 Å². The van der Waals surface area contributed by atoms with Gasteiger partial charge in [-0.3, -0.25) is 4.98 Å². The van der Waals surface area contributed by atoms with Gasteiger partial charge >= 0.3 is 0 Å². The molecule has 1 aromatic rings. The lowest BCUT2D eigenvalue weighted by atomic mass is 10.1. The maximum Gasteiger partial charge on any atom is 0.0634 e. The van der Waals surface area contributed by atoms with E-state index in [9.17, 15) is 0 Å². The first-order valence-corrected chi connectivity index (χ1v) is 5.37. The van der Waals surface area contributed by atoms with Gasteiger partial charge in [-0.1, -0.05) is 25.4 Å². The predicted molar refractivity (Wildman–Crippen MR) is 60.4 cm³/mol. The van der Waals surface area contributed by atoms with Crippen LogP contribution in [0.1, 0.15) is 25.8 Å². The fourth-order valence-corrected chi connectivity index (χ4v) is 1.35. The van der Waals surface area contributed by atoms with Crippen molar-refractivity contribution in [1.29, 1.82) is 0 Å². The second-order valence-electron chi connectivity index (χ2n) is 3.83. The summed E-state index contributed by atoms with van der Waals surface area (Å²) in [5.41, 5.74) is 1.12. The zero-order chi connectivity index (χ0) is 10.4. The molecular weight excluding hydrogens is 196 g/mol. The summed E-state index contributed by atoms with van der Waals surface area (Å²) >= 11 is 5.96. The Morgan fingerprint density at radius 1 is 1.50 bits per heavy atom. The minimum Gasteiger partial charge on any atom is -0.313 e. The molecule has 0 saturated carbocycles. The summed E-state index contributed by atoms with van der Waals surface area (Å²) in [4.78, 5) is 3.94. The molecule has 0 amide bonds. The van der Waals surface area contributed by atoms with Crippen LogP contribution in [0.5, 0.6) is 0 Å². The first-order chi connectivity index (χ1) is 6.70. The number of halogens is 1. The number of rotatable bonds is 5. The highest BCUT2D eigenvalue weighted by Crippen LogP contribution is 2.12. The SMILES string of the molecule is CC(C)CCNCc1ccncc1Cl. The second-order valence-corrected chi connectivity index (χ2v) is 4.23. The van der Waals surface area contributed by atoms with Crippen molar-refractivity contribution in [3.05, 3.63) is 29.0 Å². The number of nitrogens with one attached hydrogen (secondary N) is 1. The zero-order valence-corrected chi connectivity index (χ0v) is 9.51. The van der Waals surface area contributed by atoms with E-state index in [1.165, 1.54) is 6.42 Å². The largest absolute Gasteiger partial charge is 0.313 e. The molecule has 0 aliphatic rings. The molecule has 0 radical (unpaired) electrons. The monoisotopic (exact) mass is 212 g/mol. The van der Waals surface area contributed by atoms with Gasteiger partial charge in [0.1, 0.15) is 0 Å². The molecule has 1 N–H and O–H groups in total. The first kappa shape index (κ1) is 11.5. The van der Waals surface area contributed by atoms with Gasteiger partial charge < -0.3 is 5.32 Å². The maximum absolute atomic E-state index is 5.96. The van der Waals surface area contributed by atoms with Crippen LogP contribution in [0, 0.1) is 5.92 Å². The lowest BCUT2D eigenvalue weighted by Gasteiger charge is -2.07. The predicted octanol–water partition coefficient (Wildman–Crippen LogP) is 2.87. The van der Waals surface area contributed by atoms with Gasteiger partial charge in [0.2, 0.25) is 0 Å². The number of nitrogens with zero attached hydrogens (tertiary/aromatic N) is 1. The number of hydrogen-bond acceptors (Lipinski definition) is 2. The molecule has 0 spiro atoms. The second kappa shape index (κ2) is 5.99. The molecule has 0 fully saturated rings. The van der Waals surface area contributed by atoms with Crippen molar-refractivity contribution in [1.82, 2.24) is 10.3 Å². The zero-order valence-electron chi connectivity index (χ0n) is 8.76. The summed E-state index contributed by atoms with van der Waals surface area (Å²) in [5.74, 6) is 0.746. The van der Waals surface area contributed by atoms with E-state index in [0.29, 0.717) is 0 Å². The number of pyridine rings is 1. The van der Waals surface area contributed by atoms with E-state index in [1.54, 1.807) is 12.4 Å². The molecule has 1 heterocycles. The summed E-state index contributed by atoms with van der Waals surface area (Å²) in [6.45, 7) is 6.31. The van der Waals surface area contributed by atoms with E-state index in [1.807, 2.05) is 6.07 Å². The Balaban J connectivity index is 2.28. The Kier molecular flexibility index (Phi) is 4.91. The number of aromatic nitrogens is 1. The van der Waals surface area contributed by atoms with Crippen molar-refractivity contribution < 1.29 is 0 Å². The van der Waals surface area contributed by atoms with Gasteiger partial charge in [0.05, 0.1) is 5.02 Å². The molecule has 0 aromatic carbocycles. The summed E-state index contributed by atoms with van der Waals surface area (Å²) < 4.78 is 0. The van der Waals surface area contributed by atoms with Gasteiger partial charge in [-0.2, -0.15) is 0 Å². The molecule has 0 unspecified atom stereocenters. The van der Waals surface area contributed by atoms with Crippen molar-refractivity contribution in [3.8, 4) is 0 Å². The molecule has 0 aliphatic carbocycles. The highest BCUT2D eigenvalue weighted by Gasteiger charge is 1.98. The molecular formula is C11H17ClN2. The Bertz CT molecular complexity index is 274. The molecule has 14 heavy (non-hydrogen) atoms. The molecule has 1 rings (SSSR count). The van der Waals surface area contributed by atoms with E-state index in [4.69, 9.17) is 11.6 Å². The number of hydrogen-bond donors (Lipinski definition) is 1. The maximum atomic E-state index is 5.96. The standard InChI is InChI=1S/C11H17ClN2/c1-9(2)3-5-13-7-10-4-6-14-8-11(10)12/h4,6,8-9,13H,3,5,7H2,1-2H3. The van der Waals surface area contributed by atoms with Crippen molar-refractivity contribution in [2.75, 3.05) is 6.54 Å². The topological polar surface area (TPSA) is 24.9 Å². The Morgan fingerprint density at radius 3 is 2.93 bits per heavy atom. The molecule has 2 nitrogen and oxygen atoms in total. The Morgan fingerprint density at radius 2 is 2.29 bits per heavy atom. The van der Waals surface area contributed by atoms with Crippen LogP contribution in [-0.2, 0) is 6.54 Å². The van der Waals surface area contributed by atoms with Gasteiger partial charge in [0, 0.05) is 18.9 Å². The smallest absolute Gasteiger partial charge is 0.0634 e. The lowest BCUT2D eigenvalue weighted by molar-refractivity contribution is 0.537. The van der Waals surface area contributed by atoms with Gasteiger partial charge in [0.15, 0.2) is 0 Å². The molecule has 0 atom stereocenters. The van der Waals surface area contributed by atoms with E-state index >= 15 is 0 Å². The summed E-state index contributed by atoms with van der Waals surface area (Å²) in [6.07, 6.45) is 4.65. The van der Waals surface area contributed by atoms with Gasteiger partial charge in [-0.25, -0.2) is 0 Å². The van der Waals surface area contributed by atoms with Crippen molar-refractivity contribution >= 4 is 11.6 Å². The summed E-state index contributed by atoms with van der Waals surface area (Å²) in [7, 11) is 0. The fourth-order valence-electron chi connectivity index (χ4n) is 1.16. The molecule has 1 aromatic heterocycles. The fraction of sp³-hybridized carbons (Fsp3) is 0.545. The van der Waals surface area contributed by atoms with Gasteiger partial charge in [-0.15, -0.1) is 0 Å². The van der Waals surface area contributed by atoms with Gasteiger partial charge in [-0.05, 0) is 30.5 Å². The van der Waals surface area contributed by atoms with Gasteiger partial charge in [0.25, 0.3) is 0 Å². The Hall–Kier alpha value is -0.600. The molecule has 0 aliphatic heterocycles. The summed E-state index contributed by atoms with van der Waals surface area (Å²) in [6, 6.07) is 1.95. The highest BCUT2D eigenvalue weighted by molar-refractivity contribution is 6.31. The lowest BCUT2D eigenvalue weighted by Crippen LogP contribution is -2.16. The van der Waals surface area contributed by atoms with Crippen molar-refractivity contribution in [2.24, 2.45) is 5.92 Å². The third-order valence-corrected chi connectivity index (χ3v) is 2.41. The van der Waals surface area contributed by atoms with Crippen LogP contribution >= 0.6 is 11.6 Å². The third kappa shape index (κ3) is 4.07. The van der Waals surface area contributed by atoms with Crippen LogP contribution in [0.3, 0.4) is 0 Å². The van der Waals surface area contributed by atoms with E-state index < -0.39 is 0 Å². The Labute approximate surface area is 90.7 Å². The minimum absolute atomic E-state index is 0.740. The van der Waals surface area contributed by atoms with Crippen LogP contribution in [0.4, 0.5) is 0 Å². The quantitative estimate of drug-likeness (QED) is 0.760. The van der Waals surface area contributed by atoms with Crippen LogP contribution in [-0.4, -0.2) is 11.5 Å². The normalized spacial score (nSPS) is 10.9. The van der Waals surface area contributed by atoms with Crippen molar-refractivity contribution in [3.63, 3.8) is 0 Å². The molecule has 78 valence electrons. The average molecular weight is 213 g/mol. The highest BCUT2D eigenvalue weighted by atomic mass is 35.5. The van der Waals surface area contributed by atoms with Crippen LogP contribution < -0.4 is 5.32 Å². The summed E-state index contributed by atoms with van der Waals surface area (Å²) in [5, 5.41) is 4.10.